The van der Waals surface area contributed by atoms with E-state index in [4.69, 9.17) is 5.26 Å². The molecule has 0 radical (unpaired) electrons. The van der Waals surface area contributed by atoms with Gasteiger partial charge in [-0.25, -0.2) is 0 Å². The number of carbonyl (C=O) groups is 1. The van der Waals surface area contributed by atoms with Gasteiger partial charge in [0.05, 0.1) is 5.56 Å². The smallest absolute Gasteiger partial charge is 0.150 e. The monoisotopic (exact) mass is 161 g/mol. The molecule has 60 valence electrons. The van der Waals surface area contributed by atoms with Gasteiger partial charge in [0.1, 0.15) is 18.1 Å². The molecule has 1 rings (SSSR count). The standard InChI is InChI=1S/C9H7NO2/c1-6-2-7(5-11)3-8(4-10)9(6)12/h2-3,5,12H,1H3. The summed E-state index contributed by atoms with van der Waals surface area (Å²) in [6.45, 7) is 1.64. The Morgan fingerprint density at radius 2 is 2.25 bits per heavy atom. The van der Waals surface area contributed by atoms with Gasteiger partial charge in [-0.3, -0.25) is 4.79 Å². The fourth-order valence-electron chi connectivity index (χ4n) is 0.961. The molecule has 0 atom stereocenters. The molecular weight excluding hydrogens is 154 g/mol. The average molecular weight is 161 g/mol. The van der Waals surface area contributed by atoms with Crippen molar-refractivity contribution in [3.05, 3.63) is 28.8 Å². The Hall–Kier alpha value is -1.82. The van der Waals surface area contributed by atoms with Crippen LogP contribution < -0.4 is 0 Å². The van der Waals surface area contributed by atoms with E-state index in [2.05, 4.69) is 0 Å². The van der Waals surface area contributed by atoms with E-state index < -0.39 is 0 Å². The zero-order valence-electron chi connectivity index (χ0n) is 6.53. The molecule has 0 heterocycles. The van der Waals surface area contributed by atoms with Crippen molar-refractivity contribution in [2.24, 2.45) is 0 Å². The summed E-state index contributed by atoms with van der Waals surface area (Å²) in [6, 6.07) is 4.69. The van der Waals surface area contributed by atoms with E-state index in [1.807, 2.05) is 0 Å². The maximum atomic E-state index is 10.3. The highest BCUT2D eigenvalue weighted by Crippen LogP contribution is 2.22. The minimum absolute atomic E-state index is 0.0527. The molecule has 1 aromatic carbocycles. The number of nitriles is 1. The molecule has 0 aliphatic heterocycles. The number of aldehydes is 1. The highest BCUT2D eigenvalue weighted by atomic mass is 16.3. The lowest BCUT2D eigenvalue weighted by Crippen LogP contribution is -1.86. The van der Waals surface area contributed by atoms with Crippen molar-refractivity contribution in [1.29, 1.82) is 5.26 Å². The molecular formula is C9H7NO2. The first-order valence-electron chi connectivity index (χ1n) is 3.38. The molecule has 1 aromatic rings. The van der Waals surface area contributed by atoms with E-state index in [0.29, 0.717) is 17.4 Å². The fourth-order valence-corrected chi connectivity index (χ4v) is 0.961. The van der Waals surface area contributed by atoms with Crippen molar-refractivity contribution >= 4 is 6.29 Å². The second-order valence-corrected chi connectivity index (χ2v) is 2.46. The van der Waals surface area contributed by atoms with E-state index in [9.17, 15) is 9.90 Å². The molecule has 0 spiro atoms. The Bertz CT molecular complexity index is 364. The molecule has 0 bridgehead atoms. The number of hydrogen-bond acceptors (Lipinski definition) is 3. The topological polar surface area (TPSA) is 61.1 Å². The number of phenols is 1. The van der Waals surface area contributed by atoms with Gasteiger partial charge in [-0.2, -0.15) is 5.26 Å². The molecule has 3 nitrogen and oxygen atoms in total. The highest BCUT2D eigenvalue weighted by Gasteiger charge is 2.05. The Balaban J connectivity index is 3.41. The SMILES string of the molecule is Cc1cc(C=O)cc(C#N)c1O. The van der Waals surface area contributed by atoms with Crippen molar-refractivity contribution in [2.75, 3.05) is 0 Å². The van der Waals surface area contributed by atoms with Crippen LogP contribution in [0.5, 0.6) is 5.75 Å². The number of carbonyl (C=O) groups excluding carboxylic acids is 1. The molecule has 0 aliphatic rings. The molecule has 0 amide bonds. The largest absolute Gasteiger partial charge is 0.506 e. The van der Waals surface area contributed by atoms with Crippen LogP contribution in [0.3, 0.4) is 0 Å². The molecule has 0 fully saturated rings. The van der Waals surface area contributed by atoms with Crippen LogP contribution in [0.1, 0.15) is 21.5 Å². The molecule has 0 unspecified atom stereocenters. The number of aromatic hydroxyl groups is 1. The lowest BCUT2D eigenvalue weighted by Gasteiger charge is -2.00. The van der Waals surface area contributed by atoms with Crippen LogP contribution in [-0.2, 0) is 0 Å². The summed E-state index contributed by atoms with van der Waals surface area (Å²) < 4.78 is 0. The number of benzene rings is 1. The van der Waals surface area contributed by atoms with E-state index >= 15 is 0 Å². The Morgan fingerprint density at radius 1 is 1.58 bits per heavy atom. The molecule has 1 N–H and O–H groups in total. The lowest BCUT2D eigenvalue weighted by molar-refractivity contribution is 0.112. The second kappa shape index (κ2) is 3.05. The molecule has 0 aliphatic carbocycles. The van der Waals surface area contributed by atoms with Crippen LogP contribution in [0.25, 0.3) is 0 Å². The first kappa shape index (κ1) is 8.28. The van der Waals surface area contributed by atoms with Gasteiger partial charge in [0, 0.05) is 5.56 Å². The summed E-state index contributed by atoms with van der Waals surface area (Å²) in [5.41, 5.74) is 1.08. The maximum absolute atomic E-state index is 10.3. The van der Waals surface area contributed by atoms with Crippen molar-refractivity contribution in [3.63, 3.8) is 0 Å². The van der Waals surface area contributed by atoms with E-state index in [0.717, 1.165) is 0 Å². The predicted octanol–water partition coefficient (Wildman–Crippen LogP) is 1.38. The highest BCUT2D eigenvalue weighted by molar-refractivity contribution is 5.77. The fraction of sp³-hybridized carbons (Fsp3) is 0.111. The minimum atomic E-state index is -0.0527. The zero-order chi connectivity index (χ0) is 9.14. The van der Waals surface area contributed by atoms with Crippen LogP contribution >= 0.6 is 0 Å². The predicted molar refractivity (Wildman–Crippen MR) is 42.9 cm³/mol. The van der Waals surface area contributed by atoms with Crippen molar-refractivity contribution in [3.8, 4) is 11.8 Å². The summed E-state index contributed by atoms with van der Waals surface area (Å²) in [5.74, 6) is -0.0527. The number of hydrogen-bond donors (Lipinski definition) is 1. The second-order valence-electron chi connectivity index (χ2n) is 2.46. The average Bonchev–Trinajstić information content (AvgIpc) is 2.09. The lowest BCUT2D eigenvalue weighted by atomic mass is 10.1. The molecule has 0 saturated heterocycles. The Kier molecular flexibility index (Phi) is 2.11. The summed E-state index contributed by atoms with van der Waals surface area (Å²) >= 11 is 0. The van der Waals surface area contributed by atoms with Gasteiger partial charge in [-0.15, -0.1) is 0 Å². The maximum Gasteiger partial charge on any atom is 0.150 e. The van der Waals surface area contributed by atoms with Crippen LogP contribution in [0.4, 0.5) is 0 Å². The molecule has 0 saturated carbocycles. The first-order chi connectivity index (χ1) is 5.69. The Labute approximate surface area is 69.9 Å². The first-order valence-corrected chi connectivity index (χ1v) is 3.38. The third kappa shape index (κ3) is 1.28. The van der Waals surface area contributed by atoms with Crippen LogP contribution in [0.15, 0.2) is 12.1 Å². The van der Waals surface area contributed by atoms with Gasteiger partial charge in [-0.05, 0) is 24.6 Å². The van der Waals surface area contributed by atoms with Gasteiger partial charge in [0.2, 0.25) is 0 Å². The van der Waals surface area contributed by atoms with E-state index in [1.165, 1.54) is 12.1 Å². The van der Waals surface area contributed by atoms with Crippen molar-refractivity contribution in [2.45, 2.75) is 6.92 Å². The van der Waals surface area contributed by atoms with Gasteiger partial charge in [0.25, 0.3) is 0 Å². The number of nitrogens with zero attached hydrogens (tertiary/aromatic N) is 1. The third-order valence-electron chi connectivity index (χ3n) is 1.58. The zero-order valence-corrected chi connectivity index (χ0v) is 6.53. The van der Waals surface area contributed by atoms with Gasteiger partial charge in [-0.1, -0.05) is 0 Å². The van der Waals surface area contributed by atoms with Crippen LogP contribution in [0.2, 0.25) is 0 Å². The summed E-state index contributed by atoms with van der Waals surface area (Å²) in [7, 11) is 0. The van der Waals surface area contributed by atoms with Gasteiger partial charge in [0.15, 0.2) is 0 Å². The summed E-state index contributed by atoms with van der Waals surface area (Å²) in [5, 5.41) is 17.8. The van der Waals surface area contributed by atoms with E-state index in [1.54, 1.807) is 13.0 Å². The summed E-state index contributed by atoms with van der Waals surface area (Å²) in [4.78, 5) is 10.3. The quantitative estimate of drug-likeness (QED) is 0.633. The number of rotatable bonds is 1. The molecule has 12 heavy (non-hydrogen) atoms. The number of aryl methyl sites for hydroxylation is 1. The van der Waals surface area contributed by atoms with Crippen molar-refractivity contribution in [1.82, 2.24) is 0 Å². The van der Waals surface area contributed by atoms with Crippen LogP contribution in [-0.4, -0.2) is 11.4 Å². The van der Waals surface area contributed by atoms with Gasteiger partial charge < -0.3 is 5.11 Å². The molecule has 3 heteroatoms. The minimum Gasteiger partial charge on any atom is -0.506 e. The van der Waals surface area contributed by atoms with Crippen LogP contribution in [0, 0.1) is 18.3 Å². The van der Waals surface area contributed by atoms with Gasteiger partial charge >= 0.3 is 0 Å². The van der Waals surface area contributed by atoms with Crippen molar-refractivity contribution < 1.29 is 9.90 Å². The summed E-state index contributed by atoms with van der Waals surface area (Å²) in [6.07, 6.45) is 0.646. The Morgan fingerprint density at radius 3 is 2.75 bits per heavy atom. The molecule has 0 aromatic heterocycles. The number of phenolic OH excluding ortho intramolecular Hbond substituents is 1. The normalized spacial score (nSPS) is 9.00. The third-order valence-corrected chi connectivity index (χ3v) is 1.58. The van der Waals surface area contributed by atoms with E-state index in [-0.39, 0.29) is 11.3 Å².